The van der Waals surface area contributed by atoms with Crippen LogP contribution in [0.4, 0.5) is 18.9 Å². The van der Waals surface area contributed by atoms with E-state index in [9.17, 15) is 21.6 Å². The third kappa shape index (κ3) is 4.11. The van der Waals surface area contributed by atoms with Crippen LogP contribution in [0, 0.1) is 0 Å². The van der Waals surface area contributed by atoms with Gasteiger partial charge in [-0.3, -0.25) is 4.72 Å². The highest BCUT2D eigenvalue weighted by atomic mass is 32.2. The van der Waals surface area contributed by atoms with E-state index in [-0.39, 0.29) is 17.5 Å². The van der Waals surface area contributed by atoms with Crippen LogP contribution in [0.3, 0.4) is 0 Å². The molecular weight excluding hydrogens is 293 g/mol. The zero-order chi connectivity index (χ0) is 14.8. The van der Waals surface area contributed by atoms with Gasteiger partial charge in [0.2, 0.25) is 10.0 Å². The van der Waals surface area contributed by atoms with Crippen LogP contribution in [0.1, 0.15) is 18.4 Å². The van der Waals surface area contributed by atoms with Gasteiger partial charge in [0.25, 0.3) is 0 Å². The van der Waals surface area contributed by atoms with Crippen molar-refractivity contribution in [1.82, 2.24) is 5.32 Å². The predicted octanol–water partition coefficient (Wildman–Crippen LogP) is 2.20. The third-order valence-corrected chi connectivity index (χ3v) is 4.47. The molecule has 0 spiro atoms. The Hall–Kier alpha value is -1.28. The van der Waals surface area contributed by atoms with Crippen LogP contribution in [0.25, 0.3) is 0 Å². The molecular formula is C12H15F3N2O2S. The SMILES string of the molecule is O=S(=O)(CCC1CCN1)Nc1ccc(C(F)(F)F)cc1. The van der Waals surface area contributed by atoms with Crippen molar-refractivity contribution in [3.05, 3.63) is 29.8 Å². The Morgan fingerprint density at radius 1 is 1.25 bits per heavy atom. The second-order valence-electron chi connectivity index (χ2n) is 4.72. The highest BCUT2D eigenvalue weighted by Crippen LogP contribution is 2.29. The van der Waals surface area contributed by atoms with E-state index in [4.69, 9.17) is 0 Å². The van der Waals surface area contributed by atoms with Crippen LogP contribution in [0.15, 0.2) is 24.3 Å². The van der Waals surface area contributed by atoms with E-state index in [1.807, 2.05) is 0 Å². The molecule has 20 heavy (non-hydrogen) atoms. The van der Waals surface area contributed by atoms with Crippen molar-refractivity contribution in [2.24, 2.45) is 0 Å². The standard InChI is InChI=1S/C12H15F3N2O2S/c13-12(14,15)9-1-3-11(4-2-9)17-20(18,19)8-6-10-5-7-16-10/h1-4,10,16-17H,5-8H2. The van der Waals surface area contributed by atoms with Gasteiger partial charge in [-0.2, -0.15) is 13.2 Å². The molecule has 0 aromatic heterocycles. The summed E-state index contributed by atoms with van der Waals surface area (Å²) in [6.45, 7) is 0.900. The van der Waals surface area contributed by atoms with Crippen molar-refractivity contribution in [2.45, 2.75) is 25.1 Å². The number of benzene rings is 1. The number of halogens is 3. The van der Waals surface area contributed by atoms with Gasteiger partial charge in [-0.1, -0.05) is 0 Å². The Bertz CT molecular complexity index is 551. The summed E-state index contributed by atoms with van der Waals surface area (Å²) in [6, 6.07) is 4.15. The first-order valence-corrected chi connectivity index (χ1v) is 7.83. The van der Waals surface area contributed by atoms with E-state index in [1.54, 1.807) is 0 Å². The van der Waals surface area contributed by atoms with E-state index in [0.29, 0.717) is 6.42 Å². The molecule has 1 aliphatic rings. The molecule has 1 fully saturated rings. The van der Waals surface area contributed by atoms with E-state index in [2.05, 4.69) is 10.0 Å². The molecule has 1 atom stereocenters. The van der Waals surface area contributed by atoms with Crippen molar-refractivity contribution < 1.29 is 21.6 Å². The minimum atomic E-state index is -4.42. The fourth-order valence-corrected chi connectivity index (χ4v) is 3.04. The number of hydrogen-bond donors (Lipinski definition) is 2. The van der Waals surface area contributed by atoms with E-state index < -0.39 is 21.8 Å². The molecule has 0 bridgehead atoms. The maximum Gasteiger partial charge on any atom is 0.416 e. The monoisotopic (exact) mass is 308 g/mol. The number of alkyl halides is 3. The zero-order valence-corrected chi connectivity index (χ0v) is 11.4. The molecule has 0 aliphatic carbocycles. The van der Waals surface area contributed by atoms with E-state index in [1.165, 1.54) is 0 Å². The summed E-state index contributed by atoms with van der Waals surface area (Å²) in [5.74, 6) is -0.0499. The lowest BCUT2D eigenvalue weighted by atomic mass is 10.1. The first-order valence-electron chi connectivity index (χ1n) is 6.17. The Morgan fingerprint density at radius 2 is 1.85 bits per heavy atom. The Morgan fingerprint density at radius 3 is 2.30 bits per heavy atom. The summed E-state index contributed by atoms with van der Waals surface area (Å²) in [5.41, 5.74) is -0.668. The van der Waals surface area contributed by atoms with Crippen LogP contribution >= 0.6 is 0 Å². The second kappa shape index (κ2) is 5.61. The molecule has 0 radical (unpaired) electrons. The lowest BCUT2D eigenvalue weighted by molar-refractivity contribution is -0.137. The van der Waals surface area contributed by atoms with Gasteiger partial charge in [-0.15, -0.1) is 0 Å². The van der Waals surface area contributed by atoms with E-state index in [0.717, 1.165) is 37.2 Å². The minimum absolute atomic E-state index is 0.0499. The number of hydrogen-bond acceptors (Lipinski definition) is 3. The second-order valence-corrected chi connectivity index (χ2v) is 6.57. The molecule has 2 rings (SSSR count). The van der Waals surface area contributed by atoms with Crippen molar-refractivity contribution in [2.75, 3.05) is 17.0 Å². The molecule has 0 amide bonds. The molecule has 1 aromatic carbocycles. The number of rotatable bonds is 5. The van der Waals surface area contributed by atoms with Gasteiger partial charge in [0, 0.05) is 11.7 Å². The topological polar surface area (TPSA) is 58.2 Å². The summed E-state index contributed by atoms with van der Waals surface area (Å²) in [5, 5.41) is 3.09. The predicted molar refractivity (Wildman–Crippen MR) is 69.9 cm³/mol. The summed E-state index contributed by atoms with van der Waals surface area (Å²) in [6.07, 6.45) is -2.97. The largest absolute Gasteiger partial charge is 0.416 e. The lowest BCUT2D eigenvalue weighted by Gasteiger charge is -2.27. The van der Waals surface area contributed by atoms with Gasteiger partial charge in [-0.25, -0.2) is 8.42 Å². The minimum Gasteiger partial charge on any atom is -0.314 e. The van der Waals surface area contributed by atoms with Crippen molar-refractivity contribution in [1.29, 1.82) is 0 Å². The summed E-state index contributed by atoms with van der Waals surface area (Å²) in [7, 11) is -3.53. The quantitative estimate of drug-likeness (QED) is 0.877. The average Bonchev–Trinajstić information content (AvgIpc) is 2.25. The average molecular weight is 308 g/mol. The zero-order valence-electron chi connectivity index (χ0n) is 10.6. The van der Waals surface area contributed by atoms with E-state index >= 15 is 0 Å². The number of nitrogens with one attached hydrogen (secondary N) is 2. The van der Waals surface area contributed by atoms with Crippen LogP contribution in [-0.2, 0) is 16.2 Å². The van der Waals surface area contributed by atoms with Gasteiger partial charge in [-0.05, 0) is 43.7 Å². The first-order chi connectivity index (χ1) is 9.26. The number of sulfonamides is 1. The van der Waals surface area contributed by atoms with Gasteiger partial charge in [0.05, 0.1) is 11.3 Å². The molecule has 0 saturated carbocycles. The molecule has 1 aliphatic heterocycles. The van der Waals surface area contributed by atoms with Crippen LogP contribution in [0.2, 0.25) is 0 Å². The molecule has 1 heterocycles. The molecule has 1 unspecified atom stereocenters. The number of anilines is 1. The molecule has 8 heteroatoms. The maximum absolute atomic E-state index is 12.4. The molecule has 1 aromatic rings. The fourth-order valence-electron chi connectivity index (χ4n) is 1.85. The van der Waals surface area contributed by atoms with Gasteiger partial charge < -0.3 is 5.32 Å². The van der Waals surface area contributed by atoms with Crippen LogP contribution in [0.5, 0.6) is 0 Å². The normalized spacial score (nSPS) is 19.4. The Labute approximate surface area is 115 Å². The van der Waals surface area contributed by atoms with Gasteiger partial charge in [0.15, 0.2) is 0 Å². The third-order valence-electron chi connectivity index (χ3n) is 3.15. The Kier molecular flexibility index (Phi) is 4.24. The summed E-state index contributed by atoms with van der Waals surface area (Å²) >= 11 is 0. The van der Waals surface area contributed by atoms with Crippen molar-refractivity contribution in [3.63, 3.8) is 0 Å². The van der Waals surface area contributed by atoms with Gasteiger partial charge in [0.1, 0.15) is 0 Å². The highest BCUT2D eigenvalue weighted by Gasteiger charge is 2.30. The van der Waals surface area contributed by atoms with Crippen LogP contribution < -0.4 is 10.0 Å². The molecule has 1 saturated heterocycles. The lowest BCUT2D eigenvalue weighted by Crippen LogP contribution is -2.44. The highest BCUT2D eigenvalue weighted by molar-refractivity contribution is 7.92. The van der Waals surface area contributed by atoms with Gasteiger partial charge >= 0.3 is 6.18 Å². The first kappa shape index (κ1) is 15.1. The molecule has 4 nitrogen and oxygen atoms in total. The van der Waals surface area contributed by atoms with Crippen LogP contribution in [-0.4, -0.2) is 26.8 Å². The van der Waals surface area contributed by atoms with Crippen molar-refractivity contribution in [3.8, 4) is 0 Å². The van der Waals surface area contributed by atoms with Crippen molar-refractivity contribution >= 4 is 15.7 Å². The summed E-state index contributed by atoms with van der Waals surface area (Å²) < 4.78 is 62.9. The fraction of sp³-hybridized carbons (Fsp3) is 0.500. The smallest absolute Gasteiger partial charge is 0.314 e. The Balaban J connectivity index is 1.94. The summed E-state index contributed by atoms with van der Waals surface area (Å²) in [4.78, 5) is 0. The molecule has 112 valence electrons. The molecule has 2 N–H and O–H groups in total. The maximum atomic E-state index is 12.4.